The van der Waals surface area contributed by atoms with Crippen LogP contribution in [0.2, 0.25) is 0 Å². The number of imide groups is 1. The number of ketones is 2. The van der Waals surface area contributed by atoms with Crippen molar-refractivity contribution in [2.45, 2.75) is 66.4 Å². The van der Waals surface area contributed by atoms with Gasteiger partial charge in [-0.2, -0.15) is 70.2 Å². The predicted molar refractivity (Wildman–Crippen MR) is 157 cm³/mol. The van der Waals surface area contributed by atoms with Crippen molar-refractivity contribution in [2.75, 3.05) is 13.8 Å². The third-order valence-electron chi connectivity index (χ3n) is 10.6. The molecule has 1 unspecified atom stereocenters. The maximum atomic E-state index is 15.5. The van der Waals surface area contributed by atoms with E-state index in [4.69, 9.17) is 4.74 Å². The molecule has 0 bridgehead atoms. The summed E-state index contributed by atoms with van der Waals surface area (Å²) in [5, 5.41) is 1.11. The van der Waals surface area contributed by atoms with Gasteiger partial charge in [0.25, 0.3) is 17.7 Å². The Morgan fingerprint density at radius 2 is 1.02 bits per heavy atom. The summed E-state index contributed by atoms with van der Waals surface area (Å²) in [4.78, 5) is 61.8. The molecule has 2 fully saturated rings. The monoisotopic (exact) mass is 859 g/mol. The highest BCUT2D eigenvalue weighted by Crippen LogP contribution is 2.71. The van der Waals surface area contributed by atoms with E-state index < -0.39 is 141 Å². The molecular weight excluding hydrogens is 838 g/mol. The molecule has 3 aliphatic carbocycles. The van der Waals surface area contributed by atoms with E-state index >= 15 is 70.2 Å². The number of Topliss-reactive ketones (excluding diaryl/α,β-unsaturated/α-hetero) is 2. The molecule has 2 saturated carbocycles. The van der Waals surface area contributed by atoms with E-state index in [1.807, 2.05) is 0 Å². The van der Waals surface area contributed by atoms with Crippen LogP contribution in [0.4, 0.5) is 70.2 Å². The number of nitrogens with zero attached hydrogens (tertiary/aromatic N) is 1. The number of carbonyl (C=O) groups is 5. The minimum atomic E-state index is -7.47. The summed E-state index contributed by atoms with van der Waals surface area (Å²) < 4.78 is 251. The molecule has 0 saturated heterocycles. The molecule has 1 atom stereocenters. The number of nitrogens with one attached hydrogen (secondary N) is 2. The Bertz CT molecular complexity index is 2110. The fourth-order valence-corrected chi connectivity index (χ4v) is 7.33. The second kappa shape index (κ2) is 12.5. The second-order valence-electron chi connectivity index (χ2n) is 13.9. The average Bonchev–Trinajstić information content (AvgIpc) is 3.47. The summed E-state index contributed by atoms with van der Waals surface area (Å²) >= 11 is 0. The number of carbonyl (C=O) groups excluding carboxylic acids is 5. The molecule has 2 aromatic rings. The Labute approximate surface area is 312 Å². The van der Waals surface area contributed by atoms with Crippen LogP contribution >= 0.6 is 0 Å². The highest BCUT2D eigenvalue weighted by atomic mass is 19.4. The van der Waals surface area contributed by atoms with Gasteiger partial charge in [0, 0.05) is 23.7 Å². The Morgan fingerprint density at radius 1 is 0.586 bits per heavy atom. The van der Waals surface area contributed by atoms with Gasteiger partial charge < -0.3 is 10.1 Å². The molecular formula is C33H21F16N3O6. The van der Waals surface area contributed by atoms with Crippen molar-refractivity contribution in [3.05, 3.63) is 64.2 Å². The molecule has 0 aromatic heterocycles. The predicted octanol–water partition coefficient (Wildman–Crippen LogP) is 6.36. The Morgan fingerprint density at radius 3 is 1.52 bits per heavy atom. The van der Waals surface area contributed by atoms with Gasteiger partial charge in [0.05, 0.1) is 17.0 Å². The minimum Gasteiger partial charge on any atom is -0.478 e. The molecule has 1 heterocycles. The Hall–Kier alpha value is -4.97. The van der Waals surface area contributed by atoms with Crippen molar-refractivity contribution in [3.63, 3.8) is 0 Å². The summed E-state index contributed by atoms with van der Waals surface area (Å²) in [5.74, 6) is -78.9. The van der Waals surface area contributed by atoms with Gasteiger partial charge in [-0.25, -0.2) is 0 Å². The van der Waals surface area contributed by atoms with Gasteiger partial charge in [0.2, 0.25) is 0 Å². The molecule has 2 N–H and O–H groups in total. The lowest BCUT2D eigenvalue weighted by molar-refractivity contribution is -0.454. The summed E-state index contributed by atoms with van der Waals surface area (Å²) in [6.45, 7) is -0.861. The molecule has 25 heteroatoms. The van der Waals surface area contributed by atoms with E-state index in [0.29, 0.717) is 34.5 Å². The third kappa shape index (κ3) is 5.31. The van der Waals surface area contributed by atoms with E-state index in [1.54, 1.807) is 0 Å². The highest BCUT2D eigenvalue weighted by molar-refractivity contribution is 6.26. The first-order valence-electron chi connectivity index (χ1n) is 16.1. The molecule has 3 amide bonds. The molecule has 1 aliphatic heterocycles. The van der Waals surface area contributed by atoms with Crippen molar-refractivity contribution < 1.29 is 99.0 Å². The van der Waals surface area contributed by atoms with E-state index in [2.05, 4.69) is 0 Å². The zero-order valence-electron chi connectivity index (χ0n) is 28.5. The van der Waals surface area contributed by atoms with Crippen LogP contribution in [-0.4, -0.2) is 107 Å². The Kier molecular flexibility index (Phi) is 9.20. The summed E-state index contributed by atoms with van der Waals surface area (Å²) in [7, 11) is 1.01. The third-order valence-corrected chi connectivity index (χ3v) is 10.6. The van der Waals surface area contributed by atoms with E-state index in [9.17, 15) is 24.0 Å². The van der Waals surface area contributed by atoms with Crippen LogP contribution in [-0.2, 0) is 0 Å². The van der Waals surface area contributed by atoms with Gasteiger partial charge in [0.1, 0.15) is 24.3 Å². The van der Waals surface area contributed by atoms with E-state index in [1.165, 1.54) is 0 Å². The number of amides is 3. The maximum absolute atomic E-state index is 15.5. The van der Waals surface area contributed by atoms with Gasteiger partial charge in [-0.3, -0.25) is 34.2 Å². The molecule has 0 spiro atoms. The molecule has 2 aromatic carbocycles. The molecule has 4 aliphatic rings. The fraction of sp³-hybridized carbons (Fsp3) is 0.485. The van der Waals surface area contributed by atoms with Crippen LogP contribution in [0.5, 0.6) is 5.75 Å². The highest BCUT2D eigenvalue weighted by Gasteiger charge is 2.96. The van der Waals surface area contributed by atoms with Gasteiger partial charge in [-0.05, 0) is 43.3 Å². The lowest BCUT2D eigenvalue weighted by Crippen LogP contribution is -2.85. The van der Waals surface area contributed by atoms with Crippen LogP contribution in [0.3, 0.4) is 0 Å². The molecule has 0 radical (unpaired) electrons. The number of hydrogen-bond donors (Lipinski definition) is 2. The first kappa shape index (κ1) is 42.6. The standard InChI is InChI=1S/C33H21F16N3O6/c1-10-17(53)13-5-3-11(7-15(13)18(10)54)21(55)51-25-32(46,47)28(38,39)20(29(40,41)33(25,48)49)19-26(34,35)30(42,43)24(31(44,45)27(19,36)37)50-9-58-12-4-6-14-16(8-12)23(57)52(2)22(14)56/h3-8,10,19-20,24-25,50H,9H2,1-2H3,(H,51,55). The van der Waals surface area contributed by atoms with Crippen LogP contribution in [0.15, 0.2) is 36.4 Å². The quantitative estimate of drug-likeness (QED) is 0.144. The first-order chi connectivity index (χ1) is 26.2. The van der Waals surface area contributed by atoms with Crippen molar-refractivity contribution in [2.24, 2.45) is 17.8 Å². The van der Waals surface area contributed by atoms with E-state index in [0.717, 1.165) is 31.4 Å². The van der Waals surface area contributed by atoms with Crippen molar-refractivity contribution >= 4 is 29.3 Å². The number of fused-ring (bicyclic) bond motifs is 2. The lowest BCUT2D eigenvalue weighted by atomic mass is 9.60. The number of benzene rings is 2. The first-order valence-corrected chi connectivity index (χ1v) is 16.1. The van der Waals surface area contributed by atoms with Crippen LogP contribution < -0.4 is 15.4 Å². The van der Waals surface area contributed by atoms with Crippen LogP contribution in [0, 0.1) is 17.8 Å². The maximum Gasteiger partial charge on any atom is 0.336 e. The average molecular weight is 860 g/mol. The van der Waals surface area contributed by atoms with Crippen LogP contribution in [0.1, 0.15) is 58.7 Å². The normalized spacial score (nSPS) is 30.4. The topological polar surface area (TPSA) is 122 Å². The summed E-state index contributed by atoms with van der Waals surface area (Å²) in [6.07, 6.45) is 0. The Balaban J connectivity index is 1.32. The smallest absolute Gasteiger partial charge is 0.336 e. The van der Waals surface area contributed by atoms with Gasteiger partial charge >= 0.3 is 47.4 Å². The number of ether oxygens (including phenoxy) is 1. The minimum absolute atomic E-state index is 0.269. The molecule has 316 valence electrons. The fourth-order valence-electron chi connectivity index (χ4n) is 7.33. The van der Waals surface area contributed by atoms with Crippen molar-refractivity contribution in [3.8, 4) is 5.75 Å². The van der Waals surface area contributed by atoms with Crippen molar-refractivity contribution in [1.29, 1.82) is 0 Å². The summed E-state index contributed by atoms with van der Waals surface area (Å²) in [5.41, 5.74) is -2.95. The lowest BCUT2D eigenvalue weighted by Gasteiger charge is -2.57. The molecule has 9 nitrogen and oxygen atoms in total. The number of rotatable bonds is 7. The second-order valence-corrected chi connectivity index (χ2v) is 13.9. The number of halogens is 16. The van der Waals surface area contributed by atoms with Gasteiger partial charge in [0.15, 0.2) is 23.7 Å². The van der Waals surface area contributed by atoms with Gasteiger partial charge in [-0.15, -0.1) is 0 Å². The zero-order chi connectivity index (χ0) is 43.9. The van der Waals surface area contributed by atoms with Crippen molar-refractivity contribution in [1.82, 2.24) is 15.5 Å². The molecule has 6 rings (SSSR count). The SMILES string of the molecule is CC1C(=O)c2ccc(C(=O)NC3C(F)(F)C(F)(F)C(C4C(F)(F)C(F)(F)C(NCOc5ccc6c(c5)C(=O)N(C)C6=O)C(F)(F)C4(F)F)C(F)(F)C3(F)F)cc2C1=O. The summed E-state index contributed by atoms with van der Waals surface area (Å²) in [6, 6.07) is -6.44. The van der Waals surface area contributed by atoms with Gasteiger partial charge in [-0.1, -0.05) is 0 Å². The largest absolute Gasteiger partial charge is 0.478 e. The van der Waals surface area contributed by atoms with E-state index in [-0.39, 0.29) is 5.56 Å². The number of alkyl halides is 16. The molecule has 58 heavy (non-hydrogen) atoms. The van der Waals surface area contributed by atoms with Crippen LogP contribution in [0.25, 0.3) is 0 Å². The zero-order valence-corrected chi connectivity index (χ0v) is 28.5. The number of hydrogen-bond acceptors (Lipinski definition) is 7.